The Morgan fingerprint density at radius 1 is 1.09 bits per heavy atom. The van der Waals surface area contributed by atoms with Gasteiger partial charge in [-0.05, 0) is 110 Å². The first-order valence-electron chi connectivity index (χ1n) is 15.8. The molecule has 0 aromatic heterocycles. The highest BCUT2D eigenvalue weighted by Gasteiger charge is 2.47. The standard InChI is InChI=1S/C34H41ClN2O5S/c1-33-14-3-6-29(38)26-11-8-24(26)19-37-20-34(16-2-5-22-17-25(35)10-12-27(22)34)21-42-30-13-9-23(18-28(30)37)32(39)36-43(40,41)31(33)7-4-15-33/h3,6,9-10,12-13,17-18,24,26,29,31,38H,2,4-5,7-8,11,14-16,19-21H2,1H3,(H,36,39)/b6-3-/t24-,26+,29-,31-,33-,34-/m0/s1. The van der Waals surface area contributed by atoms with Crippen molar-refractivity contribution in [1.29, 1.82) is 0 Å². The monoisotopic (exact) mass is 624 g/mol. The molecule has 5 aliphatic rings. The van der Waals surface area contributed by atoms with Crippen LogP contribution in [0.5, 0.6) is 5.75 Å². The van der Waals surface area contributed by atoms with Crippen LogP contribution >= 0.6 is 11.6 Å². The number of rotatable bonds is 0. The van der Waals surface area contributed by atoms with Gasteiger partial charge in [0.15, 0.2) is 0 Å². The molecule has 1 amide bonds. The number of nitrogens with one attached hydrogen (secondary N) is 1. The zero-order valence-electron chi connectivity index (χ0n) is 24.7. The van der Waals surface area contributed by atoms with Gasteiger partial charge in [-0.2, -0.15) is 0 Å². The fourth-order valence-corrected chi connectivity index (χ4v) is 10.8. The maximum absolute atomic E-state index is 13.6. The predicted octanol–water partition coefficient (Wildman–Crippen LogP) is 5.78. The number of ether oxygens (including phenoxy) is 1. The first-order valence-corrected chi connectivity index (χ1v) is 17.7. The molecule has 0 radical (unpaired) electrons. The summed E-state index contributed by atoms with van der Waals surface area (Å²) in [5.74, 6) is 0.510. The maximum Gasteiger partial charge on any atom is 0.264 e. The second kappa shape index (κ2) is 10.8. The molecule has 2 aromatic rings. The summed E-state index contributed by atoms with van der Waals surface area (Å²) in [6, 6.07) is 11.5. The number of carbonyl (C=O) groups excluding carboxylic acids is 1. The number of hydrogen-bond donors (Lipinski definition) is 2. The van der Waals surface area contributed by atoms with Crippen LogP contribution in [0.3, 0.4) is 0 Å². The average Bonchev–Trinajstić information content (AvgIpc) is 3.27. The molecule has 3 aliphatic carbocycles. The maximum atomic E-state index is 13.6. The summed E-state index contributed by atoms with van der Waals surface area (Å²) in [6.45, 7) is 3.92. The lowest BCUT2D eigenvalue weighted by molar-refractivity contribution is 0.0455. The topological polar surface area (TPSA) is 95.9 Å². The van der Waals surface area contributed by atoms with Crippen molar-refractivity contribution in [2.45, 2.75) is 81.5 Å². The first kappa shape index (κ1) is 29.2. The fraction of sp³-hybridized carbons (Fsp3) is 0.559. The van der Waals surface area contributed by atoms with Crippen molar-refractivity contribution in [3.63, 3.8) is 0 Å². The Hall–Kier alpha value is -2.55. The highest BCUT2D eigenvalue weighted by Crippen LogP contribution is 2.48. The third-order valence-electron chi connectivity index (χ3n) is 11.2. The van der Waals surface area contributed by atoms with Crippen molar-refractivity contribution in [3.05, 3.63) is 70.3 Å². The van der Waals surface area contributed by atoms with Gasteiger partial charge in [0, 0.05) is 29.1 Å². The van der Waals surface area contributed by atoms with Crippen molar-refractivity contribution in [2.24, 2.45) is 17.3 Å². The second-order valence-corrected chi connectivity index (χ2v) is 16.2. The van der Waals surface area contributed by atoms with Crippen molar-refractivity contribution < 1.29 is 23.1 Å². The summed E-state index contributed by atoms with van der Waals surface area (Å²) in [5.41, 5.74) is 2.88. The number of allylic oxidation sites excluding steroid dienone is 1. The van der Waals surface area contributed by atoms with Crippen LogP contribution in [-0.2, 0) is 21.9 Å². The minimum atomic E-state index is -3.92. The van der Waals surface area contributed by atoms with Crippen molar-refractivity contribution in [2.75, 3.05) is 24.6 Å². The molecule has 0 unspecified atom stereocenters. The Bertz CT molecular complexity index is 1580. The van der Waals surface area contributed by atoms with E-state index in [1.54, 1.807) is 12.1 Å². The Morgan fingerprint density at radius 2 is 1.95 bits per heavy atom. The van der Waals surface area contributed by atoms with Crippen LogP contribution < -0.4 is 14.4 Å². The zero-order chi connectivity index (χ0) is 30.0. The number of hydrogen-bond acceptors (Lipinski definition) is 6. The number of aliphatic hydroxyl groups excluding tert-OH is 1. The van der Waals surface area contributed by atoms with E-state index >= 15 is 0 Å². The number of amides is 1. The molecule has 2 bridgehead atoms. The van der Waals surface area contributed by atoms with Gasteiger partial charge in [0.25, 0.3) is 5.91 Å². The van der Waals surface area contributed by atoms with Crippen molar-refractivity contribution >= 4 is 33.2 Å². The van der Waals surface area contributed by atoms with Crippen LogP contribution in [0.1, 0.15) is 79.8 Å². The molecule has 1 spiro atoms. The molecule has 9 heteroatoms. The summed E-state index contributed by atoms with van der Waals surface area (Å²) in [6.07, 6.45) is 10.9. The molecule has 6 atom stereocenters. The minimum absolute atomic E-state index is 0.132. The lowest BCUT2D eigenvalue weighted by Gasteiger charge is -2.45. The molecule has 2 N–H and O–H groups in total. The molecule has 2 aromatic carbocycles. The number of sulfonamides is 1. The third kappa shape index (κ3) is 5.17. The average molecular weight is 625 g/mol. The Morgan fingerprint density at radius 3 is 2.77 bits per heavy atom. The lowest BCUT2D eigenvalue weighted by atomic mass is 9.68. The van der Waals surface area contributed by atoms with Crippen LogP contribution in [0.15, 0.2) is 48.6 Å². The molecule has 2 heterocycles. The summed E-state index contributed by atoms with van der Waals surface area (Å²) in [4.78, 5) is 15.9. The zero-order valence-corrected chi connectivity index (χ0v) is 26.3. The highest BCUT2D eigenvalue weighted by molar-refractivity contribution is 7.90. The number of aliphatic hydroxyl groups is 1. The van der Waals surface area contributed by atoms with E-state index in [9.17, 15) is 18.3 Å². The van der Waals surface area contributed by atoms with Crippen LogP contribution in [0, 0.1) is 17.3 Å². The van der Waals surface area contributed by atoms with Crippen LogP contribution in [0.2, 0.25) is 5.02 Å². The smallest absolute Gasteiger partial charge is 0.264 e. The van der Waals surface area contributed by atoms with Gasteiger partial charge in [-0.3, -0.25) is 4.79 Å². The first-order chi connectivity index (χ1) is 20.6. The molecule has 2 saturated carbocycles. The van der Waals surface area contributed by atoms with E-state index in [0.717, 1.165) is 62.2 Å². The molecule has 7 nitrogen and oxygen atoms in total. The number of anilines is 1. The lowest BCUT2D eigenvalue weighted by Crippen LogP contribution is -2.49. The fourth-order valence-electron chi connectivity index (χ4n) is 8.65. The molecule has 230 valence electrons. The van der Waals surface area contributed by atoms with Crippen molar-refractivity contribution in [1.82, 2.24) is 4.72 Å². The molecule has 2 aliphatic heterocycles. The quantitative estimate of drug-likeness (QED) is 0.361. The predicted molar refractivity (Wildman–Crippen MR) is 168 cm³/mol. The Labute approximate surface area is 259 Å². The number of aryl methyl sites for hydroxylation is 1. The highest BCUT2D eigenvalue weighted by atomic mass is 35.5. The SMILES string of the molecule is C[C@@]12C/C=C\[C@H](O)[C@@H]3CC[C@H]3CN3C[C@@]4(CCCc5cc(Cl)ccc54)COc4ccc(cc43)C(=O)NS(=O)(=O)[C@H]1CCC2. The van der Waals surface area contributed by atoms with E-state index in [-0.39, 0.29) is 17.3 Å². The van der Waals surface area contributed by atoms with Gasteiger partial charge in [0.05, 0.1) is 23.6 Å². The van der Waals surface area contributed by atoms with Crippen LogP contribution in [-0.4, -0.2) is 50.5 Å². The number of halogens is 1. The van der Waals surface area contributed by atoms with E-state index in [0.29, 0.717) is 37.3 Å². The molecular formula is C34H41ClN2O5S. The summed E-state index contributed by atoms with van der Waals surface area (Å²) in [7, 11) is -3.92. The molecular weight excluding hydrogens is 584 g/mol. The van der Waals surface area contributed by atoms with E-state index in [2.05, 4.69) is 21.8 Å². The third-order valence-corrected chi connectivity index (χ3v) is 13.4. The van der Waals surface area contributed by atoms with Crippen LogP contribution in [0.4, 0.5) is 5.69 Å². The molecule has 0 saturated heterocycles. The largest absolute Gasteiger partial charge is 0.490 e. The number of nitrogens with zero attached hydrogens (tertiary/aromatic N) is 1. The number of benzene rings is 2. The van der Waals surface area contributed by atoms with E-state index < -0.39 is 32.7 Å². The number of carbonyl (C=O) groups is 1. The normalized spacial score (nSPS) is 35.8. The summed E-state index contributed by atoms with van der Waals surface area (Å²) < 4.78 is 36.2. The Balaban J connectivity index is 1.30. The van der Waals surface area contributed by atoms with Gasteiger partial charge in [-0.25, -0.2) is 13.1 Å². The molecule has 43 heavy (non-hydrogen) atoms. The summed E-state index contributed by atoms with van der Waals surface area (Å²) >= 11 is 6.40. The van der Waals surface area contributed by atoms with Crippen molar-refractivity contribution in [3.8, 4) is 5.75 Å². The second-order valence-electron chi connectivity index (χ2n) is 13.9. The van der Waals surface area contributed by atoms with Gasteiger partial charge in [-0.15, -0.1) is 0 Å². The number of fused-ring (bicyclic) bond motifs is 5. The molecule has 7 rings (SSSR count). The van der Waals surface area contributed by atoms with Gasteiger partial charge < -0.3 is 14.7 Å². The van der Waals surface area contributed by atoms with E-state index in [1.807, 2.05) is 31.2 Å². The van der Waals surface area contributed by atoms with Crippen LogP contribution in [0.25, 0.3) is 0 Å². The minimum Gasteiger partial charge on any atom is -0.490 e. The van der Waals surface area contributed by atoms with E-state index in [1.165, 1.54) is 11.1 Å². The van der Waals surface area contributed by atoms with E-state index in [4.69, 9.17) is 16.3 Å². The van der Waals surface area contributed by atoms with Gasteiger partial charge in [0.1, 0.15) is 5.75 Å². The molecule has 2 fully saturated rings. The summed E-state index contributed by atoms with van der Waals surface area (Å²) in [5, 5.41) is 11.3. The Kier molecular flexibility index (Phi) is 7.34. The van der Waals surface area contributed by atoms with Gasteiger partial charge in [-0.1, -0.05) is 43.2 Å². The van der Waals surface area contributed by atoms with Gasteiger partial charge >= 0.3 is 0 Å². The van der Waals surface area contributed by atoms with Gasteiger partial charge in [0.2, 0.25) is 10.0 Å².